The summed E-state index contributed by atoms with van der Waals surface area (Å²) in [5.74, 6) is 0.651. The van der Waals surface area contributed by atoms with Gasteiger partial charge in [-0.2, -0.15) is 0 Å². The zero-order chi connectivity index (χ0) is 24.4. The Morgan fingerprint density at radius 2 is 1.86 bits per heavy atom. The van der Waals surface area contributed by atoms with Crippen molar-refractivity contribution >= 4 is 28.6 Å². The lowest BCUT2D eigenvalue weighted by molar-refractivity contribution is 0.0922. The highest BCUT2D eigenvalue weighted by Crippen LogP contribution is 2.31. The molecule has 1 amide bonds. The molecule has 0 radical (unpaired) electrons. The molecule has 1 saturated carbocycles. The van der Waals surface area contributed by atoms with Crippen LogP contribution in [0.4, 0.5) is 5.82 Å². The van der Waals surface area contributed by atoms with Gasteiger partial charge in [0.25, 0.3) is 5.91 Å². The zero-order valence-electron chi connectivity index (χ0n) is 20.1. The number of benzene rings is 2. The van der Waals surface area contributed by atoms with Gasteiger partial charge < -0.3 is 22.1 Å². The quantitative estimate of drug-likeness (QED) is 0.331. The molecule has 0 bridgehead atoms. The number of amides is 1. The van der Waals surface area contributed by atoms with E-state index >= 15 is 0 Å². The highest BCUT2D eigenvalue weighted by atomic mass is 16.2. The van der Waals surface area contributed by atoms with Gasteiger partial charge in [0.1, 0.15) is 5.82 Å². The van der Waals surface area contributed by atoms with Crippen LogP contribution < -0.4 is 22.1 Å². The number of anilines is 1. The molecule has 5 rings (SSSR count). The van der Waals surface area contributed by atoms with E-state index in [1.165, 1.54) is 11.1 Å². The number of fused-ring (bicyclic) bond motifs is 2. The fraction of sp³-hybridized carbons (Fsp3) is 0.407. The number of nitrogens with zero attached hydrogens (tertiary/aromatic N) is 3. The number of carbonyl (C=O) groups excluding carboxylic acids is 1. The van der Waals surface area contributed by atoms with Gasteiger partial charge in [-0.05, 0) is 62.3 Å². The highest BCUT2D eigenvalue weighted by Gasteiger charge is 2.27. The minimum Gasteiger partial charge on any atom is -0.370 e. The summed E-state index contributed by atoms with van der Waals surface area (Å²) >= 11 is 0. The van der Waals surface area contributed by atoms with Crippen molar-refractivity contribution in [3.63, 3.8) is 0 Å². The molecule has 2 aliphatic carbocycles. The van der Waals surface area contributed by atoms with Gasteiger partial charge in [0, 0.05) is 5.39 Å². The molecule has 3 atom stereocenters. The van der Waals surface area contributed by atoms with E-state index in [0.29, 0.717) is 5.82 Å². The van der Waals surface area contributed by atoms with Gasteiger partial charge in [-0.3, -0.25) is 4.79 Å². The van der Waals surface area contributed by atoms with Crippen molar-refractivity contribution in [3.05, 3.63) is 65.0 Å². The maximum Gasteiger partial charge on any atom is 0.289 e. The Hall–Kier alpha value is -3.68. The Balaban J connectivity index is 1.46. The van der Waals surface area contributed by atoms with Crippen molar-refractivity contribution in [2.75, 3.05) is 5.32 Å². The summed E-state index contributed by atoms with van der Waals surface area (Å²) in [5, 5.41) is 7.65. The molecule has 8 heteroatoms. The van der Waals surface area contributed by atoms with Crippen molar-refractivity contribution in [2.24, 2.45) is 16.5 Å². The zero-order valence-corrected chi connectivity index (χ0v) is 20.1. The van der Waals surface area contributed by atoms with E-state index in [2.05, 4.69) is 44.9 Å². The molecule has 8 nitrogen and oxygen atoms in total. The molecule has 0 saturated heterocycles. The molecule has 0 spiro atoms. The van der Waals surface area contributed by atoms with Gasteiger partial charge in [0.15, 0.2) is 5.96 Å². The number of guanidine groups is 1. The van der Waals surface area contributed by atoms with E-state index in [4.69, 9.17) is 16.5 Å². The summed E-state index contributed by atoms with van der Waals surface area (Å²) in [4.78, 5) is 27.2. The molecule has 3 unspecified atom stereocenters. The fourth-order valence-corrected chi connectivity index (χ4v) is 5.38. The van der Waals surface area contributed by atoms with E-state index in [9.17, 15) is 4.79 Å². The Morgan fingerprint density at radius 3 is 2.71 bits per heavy atom. The Bertz CT molecular complexity index is 1270. The smallest absolute Gasteiger partial charge is 0.289 e. The fourth-order valence-electron chi connectivity index (χ4n) is 5.38. The van der Waals surface area contributed by atoms with Gasteiger partial charge in [-0.1, -0.05) is 48.7 Å². The Kier molecular flexibility index (Phi) is 6.53. The lowest BCUT2D eigenvalue weighted by Gasteiger charge is -2.30. The lowest BCUT2D eigenvalue weighted by atomic mass is 9.88. The first-order chi connectivity index (χ1) is 17.0. The number of nitrogens with two attached hydrogens (primary N) is 2. The summed E-state index contributed by atoms with van der Waals surface area (Å²) in [6.45, 7) is 2.03. The van der Waals surface area contributed by atoms with Crippen LogP contribution in [0.1, 0.15) is 71.9 Å². The van der Waals surface area contributed by atoms with Gasteiger partial charge in [-0.25, -0.2) is 15.0 Å². The molecule has 1 fully saturated rings. The van der Waals surface area contributed by atoms with Crippen LogP contribution in [0.15, 0.2) is 47.5 Å². The number of carbonyl (C=O) groups is 1. The lowest BCUT2D eigenvalue weighted by Crippen LogP contribution is -2.39. The molecule has 0 aliphatic heterocycles. The number of aryl methyl sites for hydroxylation is 2. The number of hydrogen-bond donors (Lipinski definition) is 4. The number of nitrogens with one attached hydrogen (secondary N) is 2. The second-order valence-electron chi connectivity index (χ2n) is 9.69. The molecule has 2 aliphatic rings. The summed E-state index contributed by atoms with van der Waals surface area (Å²) in [6.07, 6.45) is 7.00. The highest BCUT2D eigenvalue weighted by molar-refractivity contribution is 5.97. The first kappa shape index (κ1) is 23.1. The van der Waals surface area contributed by atoms with Gasteiger partial charge in [0.2, 0.25) is 5.82 Å². The van der Waals surface area contributed by atoms with Crippen LogP contribution in [0, 0.1) is 6.92 Å². The molecule has 35 heavy (non-hydrogen) atoms. The monoisotopic (exact) mass is 471 g/mol. The van der Waals surface area contributed by atoms with Crippen LogP contribution in [0.25, 0.3) is 10.9 Å². The summed E-state index contributed by atoms with van der Waals surface area (Å²) in [6, 6.07) is 14.3. The average Bonchev–Trinajstić information content (AvgIpc) is 2.85. The van der Waals surface area contributed by atoms with Crippen molar-refractivity contribution in [2.45, 2.75) is 70.0 Å². The van der Waals surface area contributed by atoms with E-state index in [1.54, 1.807) is 0 Å². The summed E-state index contributed by atoms with van der Waals surface area (Å²) < 4.78 is 0. The van der Waals surface area contributed by atoms with Crippen molar-refractivity contribution < 1.29 is 4.79 Å². The largest absolute Gasteiger partial charge is 0.370 e. The van der Waals surface area contributed by atoms with Crippen LogP contribution >= 0.6 is 0 Å². The molecule has 6 N–H and O–H groups in total. The van der Waals surface area contributed by atoms with E-state index < -0.39 is 0 Å². The van der Waals surface area contributed by atoms with Crippen LogP contribution in [0.5, 0.6) is 0 Å². The third-order valence-electron chi connectivity index (χ3n) is 7.10. The third kappa shape index (κ3) is 5.06. The first-order valence-corrected chi connectivity index (χ1v) is 12.5. The van der Waals surface area contributed by atoms with Crippen LogP contribution in [-0.2, 0) is 6.42 Å². The second kappa shape index (κ2) is 9.90. The number of aromatic nitrogens is 2. The topological polar surface area (TPSA) is 131 Å². The van der Waals surface area contributed by atoms with E-state index in [-0.39, 0.29) is 35.8 Å². The molecule has 1 heterocycles. The first-order valence-electron chi connectivity index (χ1n) is 12.5. The minimum atomic E-state index is -0.262. The van der Waals surface area contributed by atoms with Gasteiger partial charge >= 0.3 is 0 Å². The Labute approximate surface area is 205 Å². The second-order valence-corrected chi connectivity index (χ2v) is 9.69. The molecule has 2 aromatic carbocycles. The van der Waals surface area contributed by atoms with Crippen molar-refractivity contribution in [1.29, 1.82) is 0 Å². The minimum absolute atomic E-state index is 0.0282. The number of hydrogen-bond acceptors (Lipinski definition) is 5. The number of rotatable bonds is 5. The maximum atomic E-state index is 13.4. The normalized spacial score (nSPS) is 21.7. The molecule has 182 valence electrons. The van der Waals surface area contributed by atoms with E-state index in [1.807, 2.05) is 25.1 Å². The van der Waals surface area contributed by atoms with Crippen molar-refractivity contribution in [3.8, 4) is 0 Å². The van der Waals surface area contributed by atoms with E-state index in [0.717, 1.165) is 61.4 Å². The van der Waals surface area contributed by atoms with Gasteiger partial charge in [-0.15, -0.1) is 0 Å². The predicted molar refractivity (Wildman–Crippen MR) is 139 cm³/mol. The summed E-state index contributed by atoms with van der Waals surface area (Å²) in [5.41, 5.74) is 15.7. The van der Waals surface area contributed by atoms with Gasteiger partial charge in [0.05, 0.1) is 23.6 Å². The van der Waals surface area contributed by atoms with Crippen LogP contribution in [-0.4, -0.2) is 33.9 Å². The molecular formula is C27H33N7O. The predicted octanol–water partition coefficient (Wildman–Crippen LogP) is 3.74. The Morgan fingerprint density at radius 1 is 1.03 bits per heavy atom. The van der Waals surface area contributed by atoms with Crippen LogP contribution in [0.3, 0.4) is 0 Å². The third-order valence-corrected chi connectivity index (χ3v) is 7.10. The van der Waals surface area contributed by atoms with Crippen LogP contribution in [0.2, 0.25) is 0 Å². The molecule has 3 aromatic rings. The standard InChI is InChI=1S/C27H33N7O/c1-16-13-14-21-19(15-16)24(31-22-10-4-5-11-23(22)33-27(28)29)34-25(30-21)26(35)32-20-12-6-8-17-7-2-3-9-18(17)20/h2-3,7,9,13-15,20,22-23H,4-6,8,10-12H2,1H3,(H,32,35)(H4,28,29,33)(H,30,31,34). The molecule has 1 aromatic heterocycles. The average molecular weight is 472 g/mol. The SMILES string of the molecule is Cc1ccc2nc(C(=O)NC3CCCc4ccccc43)nc(NC3CCCCC3N=C(N)N)c2c1. The number of aliphatic imine (C=N–C) groups is 1. The summed E-state index contributed by atoms with van der Waals surface area (Å²) in [7, 11) is 0. The molecular weight excluding hydrogens is 438 g/mol. The maximum absolute atomic E-state index is 13.4. The van der Waals surface area contributed by atoms with Crippen molar-refractivity contribution in [1.82, 2.24) is 15.3 Å².